The van der Waals surface area contributed by atoms with Crippen molar-refractivity contribution in [3.8, 4) is 11.5 Å². The molecular formula is C14H21NO4. The Morgan fingerprint density at radius 2 is 2.05 bits per heavy atom. The van der Waals surface area contributed by atoms with Gasteiger partial charge in [0.2, 0.25) is 0 Å². The van der Waals surface area contributed by atoms with Gasteiger partial charge in [-0.3, -0.25) is 4.79 Å². The maximum absolute atomic E-state index is 11.3. The molecule has 1 unspecified atom stereocenters. The predicted molar refractivity (Wildman–Crippen MR) is 72.6 cm³/mol. The molecule has 0 aliphatic carbocycles. The largest absolute Gasteiger partial charge is 0.497 e. The predicted octanol–water partition coefficient (Wildman–Crippen LogP) is 1.92. The summed E-state index contributed by atoms with van der Waals surface area (Å²) in [4.78, 5) is 11.3. The SMILES string of the molecule is CCOC(=O)CNC(C)c1cc(OC)ccc1OC. The van der Waals surface area contributed by atoms with Crippen LogP contribution in [-0.4, -0.2) is 33.3 Å². The van der Waals surface area contributed by atoms with Crippen LogP contribution in [0.4, 0.5) is 0 Å². The Balaban J connectivity index is 2.74. The van der Waals surface area contributed by atoms with E-state index in [-0.39, 0.29) is 18.6 Å². The van der Waals surface area contributed by atoms with Crippen molar-refractivity contribution in [2.75, 3.05) is 27.4 Å². The molecule has 5 nitrogen and oxygen atoms in total. The van der Waals surface area contributed by atoms with E-state index in [1.165, 1.54) is 0 Å². The van der Waals surface area contributed by atoms with Crippen LogP contribution in [0.2, 0.25) is 0 Å². The lowest BCUT2D eigenvalue weighted by Crippen LogP contribution is -2.27. The molecule has 1 aromatic carbocycles. The van der Waals surface area contributed by atoms with Gasteiger partial charge in [-0.2, -0.15) is 0 Å². The summed E-state index contributed by atoms with van der Waals surface area (Å²) in [5.74, 6) is 1.24. The van der Waals surface area contributed by atoms with E-state index < -0.39 is 0 Å². The molecule has 1 rings (SSSR count). The van der Waals surface area contributed by atoms with Gasteiger partial charge in [-0.15, -0.1) is 0 Å². The Bertz CT molecular complexity index is 420. The van der Waals surface area contributed by atoms with Crippen LogP contribution in [0.3, 0.4) is 0 Å². The lowest BCUT2D eigenvalue weighted by molar-refractivity contribution is -0.142. The minimum absolute atomic E-state index is 0.0468. The first-order chi connectivity index (χ1) is 9.12. The van der Waals surface area contributed by atoms with Gasteiger partial charge in [0.15, 0.2) is 0 Å². The molecule has 1 aromatic rings. The van der Waals surface area contributed by atoms with E-state index in [0.717, 1.165) is 17.1 Å². The molecule has 0 amide bonds. The van der Waals surface area contributed by atoms with E-state index in [2.05, 4.69) is 5.32 Å². The first kappa shape index (κ1) is 15.3. The highest BCUT2D eigenvalue weighted by Crippen LogP contribution is 2.28. The number of rotatable bonds is 7. The van der Waals surface area contributed by atoms with E-state index in [4.69, 9.17) is 14.2 Å². The molecule has 0 saturated heterocycles. The fraction of sp³-hybridized carbons (Fsp3) is 0.500. The summed E-state index contributed by atoms with van der Waals surface area (Å²) in [6.45, 7) is 4.29. The van der Waals surface area contributed by atoms with Crippen molar-refractivity contribution in [3.63, 3.8) is 0 Å². The monoisotopic (exact) mass is 267 g/mol. The lowest BCUT2D eigenvalue weighted by Gasteiger charge is -2.17. The summed E-state index contributed by atoms with van der Waals surface area (Å²) in [6.07, 6.45) is 0. The molecule has 0 aliphatic rings. The van der Waals surface area contributed by atoms with Crippen molar-refractivity contribution >= 4 is 5.97 Å². The standard InChI is InChI=1S/C14H21NO4/c1-5-19-14(16)9-15-10(2)12-8-11(17-3)6-7-13(12)18-4/h6-8,10,15H,5,9H2,1-4H3. The first-order valence-corrected chi connectivity index (χ1v) is 6.23. The van der Waals surface area contributed by atoms with Gasteiger partial charge in [-0.25, -0.2) is 0 Å². The van der Waals surface area contributed by atoms with Crippen LogP contribution in [0.25, 0.3) is 0 Å². The van der Waals surface area contributed by atoms with Crippen LogP contribution in [0.5, 0.6) is 11.5 Å². The van der Waals surface area contributed by atoms with Crippen molar-refractivity contribution < 1.29 is 19.0 Å². The normalized spacial score (nSPS) is 11.8. The zero-order valence-electron chi connectivity index (χ0n) is 11.9. The summed E-state index contributed by atoms with van der Waals surface area (Å²) in [6, 6.07) is 5.52. The van der Waals surface area contributed by atoms with E-state index in [1.807, 2.05) is 25.1 Å². The number of nitrogens with one attached hydrogen (secondary N) is 1. The maximum Gasteiger partial charge on any atom is 0.319 e. The number of hydrogen-bond donors (Lipinski definition) is 1. The summed E-state index contributed by atoms with van der Waals surface area (Å²) in [7, 11) is 3.23. The van der Waals surface area contributed by atoms with Gasteiger partial charge in [0.25, 0.3) is 0 Å². The molecule has 0 saturated carbocycles. The van der Waals surface area contributed by atoms with Crippen LogP contribution in [0, 0.1) is 0 Å². The highest BCUT2D eigenvalue weighted by atomic mass is 16.5. The second-order valence-corrected chi connectivity index (χ2v) is 4.02. The van der Waals surface area contributed by atoms with Gasteiger partial charge in [0, 0.05) is 11.6 Å². The van der Waals surface area contributed by atoms with Crippen LogP contribution >= 0.6 is 0 Å². The molecule has 106 valence electrons. The van der Waals surface area contributed by atoms with Crippen LogP contribution in [-0.2, 0) is 9.53 Å². The van der Waals surface area contributed by atoms with Crippen molar-refractivity contribution in [3.05, 3.63) is 23.8 Å². The molecule has 1 N–H and O–H groups in total. The quantitative estimate of drug-likeness (QED) is 0.765. The Morgan fingerprint density at radius 3 is 2.63 bits per heavy atom. The zero-order chi connectivity index (χ0) is 14.3. The molecule has 0 fully saturated rings. The minimum atomic E-state index is -0.267. The van der Waals surface area contributed by atoms with Gasteiger partial charge in [-0.05, 0) is 32.0 Å². The molecule has 0 spiro atoms. The number of esters is 1. The smallest absolute Gasteiger partial charge is 0.319 e. The second-order valence-electron chi connectivity index (χ2n) is 4.02. The highest BCUT2D eigenvalue weighted by Gasteiger charge is 2.14. The molecular weight excluding hydrogens is 246 g/mol. The minimum Gasteiger partial charge on any atom is -0.497 e. The number of ether oxygens (including phenoxy) is 3. The van der Waals surface area contributed by atoms with Crippen LogP contribution in [0.1, 0.15) is 25.5 Å². The topological polar surface area (TPSA) is 56.8 Å². The van der Waals surface area contributed by atoms with E-state index in [9.17, 15) is 4.79 Å². The third-order valence-corrected chi connectivity index (χ3v) is 2.76. The Kier molecular flexibility index (Phi) is 6.15. The maximum atomic E-state index is 11.3. The Hall–Kier alpha value is -1.75. The van der Waals surface area contributed by atoms with E-state index in [1.54, 1.807) is 21.1 Å². The zero-order valence-corrected chi connectivity index (χ0v) is 11.9. The summed E-state index contributed by atoms with van der Waals surface area (Å²) in [5.41, 5.74) is 0.936. The Morgan fingerprint density at radius 1 is 1.32 bits per heavy atom. The molecule has 0 heterocycles. The van der Waals surface area contributed by atoms with Crippen molar-refractivity contribution in [1.82, 2.24) is 5.32 Å². The molecule has 0 bridgehead atoms. The fourth-order valence-corrected chi connectivity index (χ4v) is 1.74. The summed E-state index contributed by atoms with van der Waals surface area (Å²) in [5, 5.41) is 3.10. The van der Waals surface area contributed by atoms with Crippen LogP contribution < -0.4 is 14.8 Å². The van der Waals surface area contributed by atoms with Crippen molar-refractivity contribution in [2.24, 2.45) is 0 Å². The Labute approximate surface area is 113 Å². The average molecular weight is 267 g/mol. The van der Waals surface area contributed by atoms with Gasteiger partial charge >= 0.3 is 5.97 Å². The third-order valence-electron chi connectivity index (χ3n) is 2.76. The van der Waals surface area contributed by atoms with E-state index >= 15 is 0 Å². The van der Waals surface area contributed by atoms with Crippen LogP contribution in [0.15, 0.2) is 18.2 Å². The second kappa shape index (κ2) is 7.63. The number of methoxy groups -OCH3 is 2. The van der Waals surface area contributed by atoms with Crippen molar-refractivity contribution in [2.45, 2.75) is 19.9 Å². The average Bonchev–Trinajstić information content (AvgIpc) is 2.44. The van der Waals surface area contributed by atoms with Gasteiger partial charge in [0.1, 0.15) is 11.5 Å². The molecule has 19 heavy (non-hydrogen) atoms. The van der Waals surface area contributed by atoms with Gasteiger partial charge in [0.05, 0.1) is 27.4 Å². The summed E-state index contributed by atoms with van der Waals surface area (Å²) < 4.78 is 15.4. The summed E-state index contributed by atoms with van der Waals surface area (Å²) >= 11 is 0. The lowest BCUT2D eigenvalue weighted by atomic mass is 10.1. The number of carbonyl (C=O) groups excluding carboxylic acids is 1. The van der Waals surface area contributed by atoms with E-state index in [0.29, 0.717) is 6.61 Å². The van der Waals surface area contributed by atoms with Crippen molar-refractivity contribution in [1.29, 1.82) is 0 Å². The molecule has 0 radical (unpaired) electrons. The molecule has 0 aromatic heterocycles. The fourth-order valence-electron chi connectivity index (χ4n) is 1.74. The highest BCUT2D eigenvalue weighted by molar-refractivity contribution is 5.71. The van der Waals surface area contributed by atoms with Gasteiger partial charge < -0.3 is 19.5 Å². The molecule has 5 heteroatoms. The van der Waals surface area contributed by atoms with Gasteiger partial charge in [-0.1, -0.05) is 0 Å². The first-order valence-electron chi connectivity index (χ1n) is 6.23. The number of hydrogen-bond acceptors (Lipinski definition) is 5. The number of benzene rings is 1. The molecule has 0 aliphatic heterocycles. The third kappa shape index (κ3) is 4.44. The molecule has 1 atom stereocenters. The number of carbonyl (C=O) groups is 1.